The van der Waals surface area contributed by atoms with Crippen LogP contribution in [0.25, 0.3) is 0 Å². The highest BCUT2D eigenvalue weighted by Gasteiger charge is 2.44. The normalized spacial score (nSPS) is 18.0. The molecule has 0 amide bonds. The van der Waals surface area contributed by atoms with E-state index in [1.54, 1.807) is 6.07 Å². The Balaban J connectivity index is 1.85. The standard InChI is InChI=1S/C19H21FO/c1-14-12-17(20)9-8-15(14)13-18(21)19(10-5-11-19)16-6-3-2-4-7-16/h2-4,6-9,12,18,21H,5,10-11,13H2,1H3. The summed E-state index contributed by atoms with van der Waals surface area (Å²) in [5.41, 5.74) is 3.05. The van der Waals surface area contributed by atoms with Crippen molar-refractivity contribution >= 4 is 0 Å². The van der Waals surface area contributed by atoms with Crippen molar-refractivity contribution in [3.8, 4) is 0 Å². The number of benzene rings is 2. The lowest BCUT2D eigenvalue weighted by Crippen LogP contribution is -2.46. The van der Waals surface area contributed by atoms with Gasteiger partial charge in [-0.1, -0.05) is 42.8 Å². The molecule has 2 aromatic rings. The Bertz CT molecular complexity index is 617. The Morgan fingerprint density at radius 1 is 1.14 bits per heavy atom. The Morgan fingerprint density at radius 2 is 1.86 bits per heavy atom. The van der Waals surface area contributed by atoms with E-state index in [0.29, 0.717) is 6.42 Å². The molecule has 1 N–H and O–H groups in total. The third-order valence-corrected chi connectivity index (χ3v) is 4.95. The molecule has 110 valence electrons. The van der Waals surface area contributed by atoms with Gasteiger partial charge in [0.1, 0.15) is 5.82 Å². The van der Waals surface area contributed by atoms with Gasteiger partial charge in [0.05, 0.1) is 6.10 Å². The van der Waals surface area contributed by atoms with Gasteiger partial charge in [0.15, 0.2) is 0 Å². The van der Waals surface area contributed by atoms with Crippen LogP contribution < -0.4 is 0 Å². The van der Waals surface area contributed by atoms with Gasteiger partial charge >= 0.3 is 0 Å². The zero-order chi connectivity index (χ0) is 14.9. The SMILES string of the molecule is Cc1cc(F)ccc1CC(O)C1(c2ccccc2)CCC1. The number of hydrogen-bond donors (Lipinski definition) is 1. The van der Waals surface area contributed by atoms with Crippen LogP contribution >= 0.6 is 0 Å². The van der Waals surface area contributed by atoms with Crippen LogP contribution in [0, 0.1) is 12.7 Å². The summed E-state index contributed by atoms with van der Waals surface area (Å²) >= 11 is 0. The average Bonchev–Trinajstić information content (AvgIpc) is 2.42. The summed E-state index contributed by atoms with van der Waals surface area (Å²) in [6.07, 6.45) is 3.38. The summed E-state index contributed by atoms with van der Waals surface area (Å²) in [5.74, 6) is -0.216. The molecule has 1 fully saturated rings. The van der Waals surface area contributed by atoms with Crippen LogP contribution in [0.15, 0.2) is 48.5 Å². The van der Waals surface area contributed by atoms with E-state index >= 15 is 0 Å². The lowest BCUT2D eigenvalue weighted by molar-refractivity contribution is 0.0285. The molecule has 2 heteroatoms. The van der Waals surface area contributed by atoms with Crippen molar-refractivity contribution in [3.05, 3.63) is 71.0 Å². The molecule has 0 aliphatic heterocycles. The van der Waals surface area contributed by atoms with Gasteiger partial charge in [-0.3, -0.25) is 0 Å². The minimum Gasteiger partial charge on any atom is -0.392 e. The topological polar surface area (TPSA) is 20.2 Å². The van der Waals surface area contributed by atoms with Gasteiger partial charge in [-0.2, -0.15) is 0 Å². The van der Waals surface area contributed by atoms with Gasteiger partial charge in [-0.05, 0) is 55.0 Å². The highest BCUT2D eigenvalue weighted by Crippen LogP contribution is 2.47. The molecule has 0 spiro atoms. The lowest BCUT2D eigenvalue weighted by atomic mass is 9.60. The van der Waals surface area contributed by atoms with Gasteiger partial charge in [-0.25, -0.2) is 4.39 Å². The quantitative estimate of drug-likeness (QED) is 0.894. The Labute approximate surface area is 125 Å². The van der Waals surface area contributed by atoms with Crippen LogP contribution in [0.1, 0.15) is 36.0 Å². The van der Waals surface area contributed by atoms with Crippen molar-refractivity contribution in [2.45, 2.75) is 44.1 Å². The van der Waals surface area contributed by atoms with Crippen molar-refractivity contribution in [1.29, 1.82) is 0 Å². The molecule has 1 atom stereocenters. The van der Waals surface area contributed by atoms with Crippen molar-refractivity contribution in [2.24, 2.45) is 0 Å². The highest BCUT2D eigenvalue weighted by atomic mass is 19.1. The van der Waals surface area contributed by atoms with E-state index in [1.807, 2.05) is 25.1 Å². The Morgan fingerprint density at radius 3 is 2.43 bits per heavy atom. The molecule has 1 unspecified atom stereocenters. The molecule has 0 radical (unpaired) electrons. The number of hydrogen-bond acceptors (Lipinski definition) is 1. The molecule has 0 saturated heterocycles. The highest BCUT2D eigenvalue weighted by molar-refractivity contribution is 5.33. The van der Waals surface area contributed by atoms with E-state index in [-0.39, 0.29) is 11.2 Å². The van der Waals surface area contributed by atoms with E-state index in [2.05, 4.69) is 12.1 Å². The van der Waals surface area contributed by atoms with Crippen LogP contribution in [0.3, 0.4) is 0 Å². The second-order valence-electron chi connectivity index (χ2n) is 6.17. The van der Waals surface area contributed by atoms with Crippen LogP contribution in [0.2, 0.25) is 0 Å². The summed E-state index contributed by atoms with van der Waals surface area (Å²) in [6.45, 7) is 1.90. The smallest absolute Gasteiger partial charge is 0.123 e. The number of aliphatic hydroxyl groups is 1. The minimum atomic E-state index is -0.419. The summed E-state index contributed by atoms with van der Waals surface area (Å²) in [6, 6.07) is 15.1. The number of aryl methyl sites for hydroxylation is 1. The van der Waals surface area contributed by atoms with Gasteiger partial charge in [-0.15, -0.1) is 0 Å². The third-order valence-electron chi connectivity index (χ3n) is 4.95. The fourth-order valence-electron chi connectivity index (χ4n) is 3.43. The zero-order valence-electron chi connectivity index (χ0n) is 12.3. The Kier molecular flexibility index (Phi) is 3.81. The summed E-state index contributed by atoms with van der Waals surface area (Å²) < 4.78 is 13.2. The lowest BCUT2D eigenvalue weighted by Gasteiger charge is -2.46. The first-order valence-electron chi connectivity index (χ1n) is 7.60. The molecule has 0 heterocycles. The minimum absolute atomic E-state index is 0.123. The van der Waals surface area contributed by atoms with E-state index in [1.165, 1.54) is 17.7 Å². The van der Waals surface area contributed by atoms with Gasteiger partial charge < -0.3 is 5.11 Å². The summed E-state index contributed by atoms with van der Waals surface area (Å²) in [4.78, 5) is 0. The molecular weight excluding hydrogens is 263 g/mol. The molecule has 3 rings (SSSR count). The molecular formula is C19H21FO. The maximum atomic E-state index is 13.2. The Hall–Kier alpha value is -1.67. The fourth-order valence-corrected chi connectivity index (χ4v) is 3.43. The zero-order valence-corrected chi connectivity index (χ0v) is 12.3. The number of rotatable bonds is 4. The summed E-state index contributed by atoms with van der Waals surface area (Å²) in [7, 11) is 0. The summed E-state index contributed by atoms with van der Waals surface area (Å²) in [5, 5.41) is 10.8. The molecule has 2 aromatic carbocycles. The van der Waals surface area contributed by atoms with Gasteiger partial charge in [0.2, 0.25) is 0 Å². The van der Waals surface area contributed by atoms with Crippen LogP contribution in [-0.4, -0.2) is 11.2 Å². The monoisotopic (exact) mass is 284 g/mol. The first-order chi connectivity index (χ1) is 10.1. The van der Waals surface area contributed by atoms with E-state index in [4.69, 9.17) is 0 Å². The van der Waals surface area contributed by atoms with Gasteiger partial charge in [0.25, 0.3) is 0 Å². The fraction of sp³-hybridized carbons (Fsp3) is 0.368. The maximum absolute atomic E-state index is 13.2. The largest absolute Gasteiger partial charge is 0.392 e. The molecule has 1 aliphatic rings. The molecule has 0 bridgehead atoms. The third kappa shape index (κ3) is 2.60. The predicted octanol–water partition coefficient (Wildman–Crippen LogP) is 4.16. The van der Waals surface area contributed by atoms with Gasteiger partial charge in [0, 0.05) is 5.41 Å². The van der Waals surface area contributed by atoms with E-state index < -0.39 is 6.10 Å². The molecule has 1 saturated carbocycles. The van der Waals surface area contributed by atoms with Crippen molar-refractivity contribution in [1.82, 2.24) is 0 Å². The first-order valence-corrected chi connectivity index (χ1v) is 7.60. The second kappa shape index (κ2) is 5.61. The van der Waals surface area contributed by atoms with Crippen LogP contribution in [0.5, 0.6) is 0 Å². The molecule has 0 aromatic heterocycles. The maximum Gasteiger partial charge on any atom is 0.123 e. The van der Waals surface area contributed by atoms with Crippen LogP contribution in [-0.2, 0) is 11.8 Å². The average molecular weight is 284 g/mol. The molecule has 1 aliphatic carbocycles. The predicted molar refractivity (Wildman–Crippen MR) is 82.8 cm³/mol. The van der Waals surface area contributed by atoms with Crippen LogP contribution in [0.4, 0.5) is 4.39 Å². The van der Waals surface area contributed by atoms with Crippen molar-refractivity contribution in [2.75, 3.05) is 0 Å². The van der Waals surface area contributed by atoms with E-state index in [0.717, 1.165) is 30.4 Å². The van der Waals surface area contributed by atoms with E-state index in [9.17, 15) is 9.50 Å². The molecule has 1 nitrogen and oxygen atoms in total. The second-order valence-corrected chi connectivity index (χ2v) is 6.17. The first kappa shape index (κ1) is 14.3. The number of halogens is 1. The van der Waals surface area contributed by atoms with Crippen molar-refractivity contribution in [3.63, 3.8) is 0 Å². The molecule has 21 heavy (non-hydrogen) atoms. The van der Waals surface area contributed by atoms with Crippen molar-refractivity contribution < 1.29 is 9.50 Å². The number of aliphatic hydroxyl groups excluding tert-OH is 1.